The van der Waals surface area contributed by atoms with Crippen molar-refractivity contribution >= 4 is 11.9 Å². The molecule has 0 spiro atoms. The molecule has 4 N–H and O–H groups in total. The first-order valence-electron chi connectivity index (χ1n) is 8.08. The maximum atomic E-state index is 12.6. The molecule has 2 aliphatic rings. The van der Waals surface area contributed by atoms with Gasteiger partial charge in [0.2, 0.25) is 11.9 Å². The molecule has 1 aromatic rings. The summed E-state index contributed by atoms with van der Waals surface area (Å²) in [6, 6.07) is 0. The zero-order valence-electron chi connectivity index (χ0n) is 13.6. The number of nitrogens with two attached hydrogens (primary N) is 1. The van der Waals surface area contributed by atoms with Crippen LogP contribution in [0.25, 0.3) is 0 Å². The molecule has 0 aromatic carbocycles. The third-order valence-electron chi connectivity index (χ3n) is 5.23. The molecule has 3 rings (SSSR count). The van der Waals surface area contributed by atoms with Gasteiger partial charge in [0.1, 0.15) is 0 Å². The Morgan fingerprint density at radius 1 is 1.13 bits per heavy atom. The van der Waals surface area contributed by atoms with Crippen LogP contribution >= 0.6 is 0 Å². The molecular weight excluding hydrogens is 296 g/mol. The molecule has 1 saturated carbocycles. The number of carbonyl (C=O) groups excluding carboxylic acids is 1. The fourth-order valence-electron chi connectivity index (χ4n) is 3.90. The van der Waals surface area contributed by atoms with Crippen molar-refractivity contribution in [3.63, 3.8) is 0 Å². The van der Waals surface area contributed by atoms with Crippen LogP contribution in [0.5, 0.6) is 0 Å². The molecule has 0 unspecified atom stereocenters. The lowest BCUT2D eigenvalue weighted by molar-refractivity contribution is -0.129. The van der Waals surface area contributed by atoms with Gasteiger partial charge < -0.3 is 20.8 Å². The molecule has 2 fully saturated rings. The van der Waals surface area contributed by atoms with E-state index in [1.54, 1.807) is 0 Å². The average Bonchev–Trinajstić information content (AvgIpc) is 2.86. The molecule has 0 radical (unpaired) electrons. The van der Waals surface area contributed by atoms with Gasteiger partial charge in [-0.15, -0.1) is 0 Å². The Balaban J connectivity index is 1.69. The fourth-order valence-corrected chi connectivity index (χ4v) is 3.90. The summed E-state index contributed by atoms with van der Waals surface area (Å²) in [6.07, 6.45) is 0.0716. The number of nitrogens with zero attached hydrogens (tertiary/aromatic N) is 3. The number of amides is 1. The zero-order valence-corrected chi connectivity index (χ0v) is 13.6. The Hall–Kier alpha value is -1.73. The largest absolute Gasteiger partial charge is 0.390 e. The van der Waals surface area contributed by atoms with Gasteiger partial charge in [0.15, 0.2) is 0 Å². The van der Waals surface area contributed by atoms with E-state index in [1.807, 2.05) is 18.7 Å². The molecule has 1 saturated heterocycles. The molecule has 2 heterocycles. The first kappa shape index (κ1) is 16.1. The SMILES string of the molecule is Cc1nc(N)nc(C)c1CC(=O)N1C[C@H]2C[C@H](O)[C@@H](O)C[C@H]2C1. The van der Waals surface area contributed by atoms with E-state index in [9.17, 15) is 15.0 Å². The van der Waals surface area contributed by atoms with Crippen LogP contribution in [-0.2, 0) is 11.2 Å². The second kappa shape index (κ2) is 6.05. The molecule has 0 bridgehead atoms. The number of hydrogen-bond donors (Lipinski definition) is 3. The van der Waals surface area contributed by atoms with Gasteiger partial charge in [0.25, 0.3) is 0 Å². The van der Waals surface area contributed by atoms with Crippen molar-refractivity contribution in [1.82, 2.24) is 14.9 Å². The van der Waals surface area contributed by atoms with Gasteiger partial charge in [-0.3, -0.25) is 4.79 Å². The van der Waals surface area contributed by atoms with Crippen LogP contribution in [0.1, 0.15) is 29.8 Å². The topological polar surface area (TPSA) is 113 Å². The van der Waals surface area contributed by atoms with Crippen molar-refractivity contribution in [3.8, 4) is 0 Å². The number of rotatable bonds is 2. The quantitative estimate of drug-likeness (QED) is 0.696. The van der Waals surface area contributed by atoms with Crippen LogP contribution in [0.15, 0.2) is 0 Å². The Morgan fingerprint density at radius 2 is 1.61 bits per heavy atom. The highest BCUT2D eigenvalue weighted by molar-refractivity contribution is 5.79. The van der Waals surface area contributed by atoms with E-state index in [4.69, 9.17) is 5.73 Å². The zero-order chi connectivity index (χ0) is 16.7. The molecule has 1 aliphatic heterocycles. The van der Waals surface area contributed by atoms with E-state index < -0.39 is 12.2 Å². The lowest BCUT2D eigenvalue weighted by Gasteiger charge is -2.31. The standard InChI is InChI=1S/C16H24N4O3/c1-8-12(9(2)19-16(17)18-8)5-15(23)20-6-10-3-13(21)14(22)4-11(10)7-20/h10-11,13-14,21-22H,3-7H2,1-2H3,(H2,17,18,19)/t10-,11+,13-,14-/m0/s1. The fraction of sp³-hybridized carbons (Fsp3) is 0.688. The van der Waals surface area contributed by atoms with Crippen molar-refractivity contribution in [2.75, 3.05) is 18.8 Å². The molecule has 1 aliphatic carbocycles. The second-order valence-electron chi connectivity index (χ2n) is 6.83. The molecule has 7 nitrogen and oxygen atoms in total. The minimum Gasteiger partial charge on any atom is -0.390 e. The number of aromatic nitrogens is 2. The monoisotopic (exact) mass is 320 g/mol. The Labute approximate surface area is 135 Å². The van der Waals surface area contributed by atoms with Crippen LogP contribution in [0.4, 0.5) is 5.95 Å². The van der Waals surface area contributed by atoms with Gasteiger partial charge >= 0.3 is 0 Å². The van der Waals surface area contributed by atoms with Crippen LogP contribution in [0, 0.1) is 25.7 Å². The predicted molar refractivity (Wildman–Crippen MR) is 84.4 cm³/mol. The number of aliphatic hydroxyl groups excluding tert-OH is 2. The van der Waals surface area contributed by atoms with Crippen LogP contribution in [0.2, 0.25) is 0 Å². The number of anilines is 1. The number of fused-ring (bicyclic) bond motifs is 1. The molecular formula is C16H24N4O3. The van der Waals surface area contributed by atoms with Crippen molar-refractivity contribution in [3.05, 3.63) is 17.0 Å². The summed E-state index contributed by atoms with van der Waals surface area (Å²) in [5.41, 5.74) is 7.94. The highest BCUT2D eigenvalue weighted by Crippen LogP contribution is 2.36. The Morgan fingerprint density at radius 3 is 2.09 bits per heavy atom. The number of carbonyl (C=O) groups is 1. The van der Waals surface area contributed by atoms with Crippen LogP contribution < -0.4 is 5.73 Å². The van der Waals surface area contributed by atoms with Crippen molar-refractivity contribution in [1.29, 1.82) is 0 Å². The molecule has 4 atom stereocenters. The second-order valence-corrected chi connectivity index (χ2v) is 6.83. The van der Waals surface area contributed by atoms with Crippen LogP contribution in [-0.4, -0.2) is 56.3 Å². The summed E-state index contributed by atoms with van der Waals surface area (Å²) in [7, 11) is 0. The first-order valence-corrected chi connectivity index (χ1v) is 8.08. The third kappa shape index (κ3) is 3.16. The smallest absolute Gasteiger partial charge is 0.227 e. The van der Waals surface area contributed by atoms with E-state index in [2.05, 4.69) is 9.97 Å². The molecule has 7 heteroatoms. The summed E-state index contributed by atoms with van der Waals surface area (Å²) in [5.74, 6) is 0.832. The summed E-state index contributed by atoms with van der Waals surface area (Å²) in [5, 5.41) is 19.6. The maximum Gasteiger partial charge on any atom is 0.227 e. The van der Waals surface area contributed by atoms with Gasteiger partial charge in [-0.05, 0) is 38.5 Å². The van der Waals surface area contributed by atoms with Crippen LogP contribution in [0.3, 0.4) is 0 Å². The van der Waals surface area contributed by atoms with Gasteiger partial charge in [0.05, 0.1) is 18.6 Å². The Kier molecular flexibility index (Phi) is 4.25. The van der Waals surface area contributed by atoms with Gasteiger partial charge in [-0.1, -0.05) is 0 Å². The molecule has 23 heavy (non-hydrogen) atoms. The summed E-state index contributed by atoms with van der Waals surface area (Å²) in [4.78, 5) is 22.7. The number of aliphatic hydroxyl groups is 2. The molecule has 126 valence electrons. The molecule has 1 aromatic heterocycles. The highest BCUT2D eigenvalue weighted by atomic mass is 16.3. The average molecular weight is 320 g/mol. The van der Waals surface area contributed by atoms with Crippen molar-refractivity contribution in [2.24, 2.45) is 11.8 Å². The van der Waals surface area contributed by atoms with E-state index in [0.29, 0.717) is 25.9 Å². The lowest BCUT2D eigenvalue weighted by atomic mass is 9.79. The van der Waals surface area contributed by atoms with E-state index >= 15 is 0 Å². The summed E-state index contributed by atoms with van der Waals surface area (Å²) in [6.45, 7) is 4.98. The number of likely N-dealkylation sites (tertiary alicyclic amines) is 1. The maximum absolute atomic E-state index is 12.6. The first-order chi connectivity index (χ1) is 10.8. The van der Waals surface area contributed by atoms with E-state index in [-0.39, 0.29) is 30.1 Å². The minimum absolute atomic E-state index is 0.0444. The summed E-state index contributed by atoms with van der Waals surface area (Å²) >= 11 is 0. The predicted octanol–water partition coefficient (Wildman–Crippen LogP) is -0.192. The normalized spacial score (nSPS) is 30.3. The number of hydrogen-bond acceptors (Lipinski definition) is 6. The number of nitrogen functional groups attached to an aromatic ring is 1. The summed E-state index contributed by atoms with van der Waals surface area (Å²) < 4.78 is 0. The van der Waals surface area contributed by atoms with Gasteiger partial charge in [-0.25, -0.2) is 9.97 Å². The van der Waals surface area contributed by atoms with Gasteiger partial charge in [0, 0.05) is 30.0 Å². The highest BCUT2D eigenvalue weighted by Gasteiger charge is 2.42. The van der Waals surface area contributed by atoms with Gasteiger partial charge in [-0.2, -0.15) is 0 Å². The third-order valence-corrected chi connectivity index (χ3v) is 5.23. The van der Waals surface area contributed by atoms with Crippen molar-refractivity contribution < 1.29 is 15.0 Å². The molecule has 1 amide bonds. The lowest BCUT2D eigenvalue weighted by Crippen LogP contribution is -2.38. The minimum atomic E-state index is -0.665. The van der Waals surface area contributed by atoms with E-state index in [1.165, 1.54) is 0 Å². The van der Waals surface area contributed by atoms with Crippen molar-refractivity contribution in [2.45, 2.75) is 45.3 Å². The number of aryl methyl sites for hydroxylation is 2. The Bertz CT molecular complexity index is 580. The van der Waals surface area contributed by atoms with E-state index in [0.717, 1.165) is 17.0 Å².